The van der Waals surface area contributed by atoms with Crippen molar-refractivity contribution in [3.8, 4) is 0 Å². The lowest BCUT2D eigenvalue weighted by atomic mass is 10.1. The largest absolute Gasteiger partial charge is 0.464 e. The predicted octanol–water partition coefficient (Wildman–Crippen LogP) is 4.03. The van der Waals surface area contributed by atoms with Gasteiger partial charge in [-0.15, -0.1) is 0 Å². The first-order valence-corrected chi connectivity index (χ1v) is 8.75. The standard InChI is InChI=1S/C18H35NO3/c1-7-8-9-10-11-17(20)19(12-14(2)3)16(6)18(21)22-13-15(4)5/h14-16H,7-13H2,1-6H3. The minimum absolute atomic E-state index is 0.0683. The lowest BCUT2D eigenvalue weighted by Crippen LogP contribution is -2.46. The van der Waals surface area contributed by atoms with Gasteiger partial charge in [-0.3, -0.25) is 4.79 Å². The summed E-state index contributed by atoms with van der Waals surface area (Å²) in [6.45, 7) is 13.1. The maximum atomic E-state index is 12.4. The van der Waals surface area contributed by atoms with Gasteiger partial charge in [-0.2, -0.15) is 0 Å². The molecule has 0 N–H and O–H groups in total. The molecule has 22 heavy (non-hydrogen) atoms. The Kier molecular flexibility index (Phi) is 10.9. The van der Waals surface area contributed by atoms with Crippen LogP contribution in [0.2, 0.25) is 0 Å². The molecular weight excluding hydrogens is 278 g/mol. The van der Waals surface area contributed by atoms with Gasteiger partial charge >= 0.3 is 5.97 Å². The Balaban J connectivity index is 4.59. The first kappa shape index (κ1) is 20.9. The molecule has 0 heterocycles. The van der Waals surface area contributed by atoms with E-state index in [1.165, 1.54) is 0 Å². The molecule has 0 aliphatic carbocycles. The van der Waals surface area contributed by atoms with E-state index in [-0.39, 0.29) is 11.9 Å². The van der Waals surface area contributed by atoms with Gasteiger partial charge in [-0.25, -0.2) is 4.79 Å². The SMILES string of the molecule is CCCCCCC(=O)N(CC(C)C)C(C)C(=O)OCC(C)C. The monoisotopic (exact) mass is 313 g/mol. The van der Waals surface area contributed by atoms with Crippen molar-refractivity contribution in [3.63, 3.8) is 0 Å². The summed E-state index contributed by atoms with van der Waals surface area (Å²) in [5.74, 6) is 0.412. The molecule has 0 fully saturated rings. The average molecular weight is 313 g/mol. The van der Waals surface area contributed by atoms with Gasteiger partial charge in [0.2, 0.25) is 5.91 Å². The summed E-state index contributed by atoms with van der Waals surface area (Å²) in [6.07, 6.45) is 4.80. The van der Waals surface area contributed by atoms with Gasteiger partial charge in [-0.1, -0.05) is 53.9 Å². The summed E-state index contributed by atoms with van der Waals surface area (Å²) >= 11 is 0. The van der Waals surface area contributed by atoms with E-state index in [1.54, 1.807) is 11.8 Å². The maximum absolute atomic E-state index is 12.4. The summed E-state index contributed by atoms with van der Waals surface area (Å²) < 4.78 is 5.29. The van der Waals surface area contributed by atoms with Crippen molar-refractivity contribution >= 4 is 11.9 Å². The van der Waals surface area contributed by atoms with E-state index in [0.29, 0.717) is 31.4 Å². The highest BCUT2D eigenvalue weighted by Gasteiger charge is 2.27. The topological polar surface area (TPSA) is 46.6 Å². The number of esters is 1. The molecule has 130 valence electrons. The fourth-order valence-corrected chi connectivity index (χ4v) is 2.21. The maximum Gasteiger partial charge on any atom is 0.328 e. The average Bonchev–Trinajstić information content (AvgIpc) is 2.45. The van der Waals surface area contributed by atoms with Gasteiger partial charge in [0.15, 0.2) is 0 Å². The Bertz CT molecular complexity index is 326. The van der Waals surface area contributed by atoms with Crippen molar-refractivity contribution in [2.45, 2.75) is 79.7 Å². The minimum Gasteiger partial charge on any atom is -0.464 e. The molecule has 1 atom stereocenters. The molecule has 0 aliphatic heterocycles. The summed E-state index contributed by atoms with van der Waals surface area (Å²) in [7, 11) is 0. The van der Waals surface area contributed by atoms with Gasteiger partial charge < -0.3 is 9.64 Å². The minimum atomic E-state index is -0.500. The van der Waals surface area contributed by atoms with Crippen molar-refractivity contribution in [2.75, 3.05) is 13.2 Å². The summed E-state index contributed by atoms with van der Waals surface area (Å²) in [5.41, 5.74) is 0. The van der Waals surface area contributed by atoms with Crippen LogP contribution in [0.3, 0.4) is 0 Å². The smallest absolute Gasteiger partial charge is 0.328 e. The van der Waals surface area contributed by atoms with Crippen LogP contribution in [0.5, 0.6) is 0 Å². The number of ether oxygens (including phenoxy) is 1. The van der Waals surface area contributed by atoms with Crippen LogP contribution in [0.1, 0.15) is 73.6 Å². The third-order valence-corrected chi connectivity index (χ3v) is 3.49. The summed E-state index contributed by atoms with van der Waals surface area (Å²) in [5, 5.41) is 0. The van der Waals surface area contributed by atoms with E-state index in [9.17, 15) is 9.59 Å². The lowest BCUT2D eigenvalue weighted by Gasteiger charge is -2.29. The highest BCUT2D eigenvalue weighted by atomic mass is 16.5. The van der Waals surface area contributed by atoms with E-state index in [1.807, 2.05) is 13.8 Å². The molecule has 4 heteroatoms. The van der Waals surface area contributed by atoms with Crippen molar-refractivity contribution in [1.82, 2.24) is 4.90 Å². The van der Waals surface area contributed by atoms with Gasteiger partial charge in [0.1, 0.15) is 6.04 Å². The Morgan fingerprint density at radius 1 is 0.955 bits per heavy atom. The first-order chi connectivity index (χ1) is 10.3. The Morgan fingerprint density at radius 3 is 2.09 bits per heavy atom. The van der Waals surface area contributed by atoms with Gasteiger partial charge in [-0.05, 0) is 25.2 Å². The number of nitrogens with zero attached hydrogens (tertiary/aromatic N) is 1. The molecule has 0 spiro atoms. The number of carbonyl (C=O) groups is 2. The Hall–Kier alpha value is -1.06. The van der Waals surface area contributed by atoms with Crippen LogP contribution in [-0.4, -0.2) is 36.0 Å². The molecule has 0 radical (unpaired) electrons. The molecule has 1 amide bonds. The van der Waals surface area contributed by atoms with E-state index >= 15 is 0 Å². The number of hydrogen-bond acceptors (Lipinski definition) is 3. The number of rotatable bonds is 11. The number of hydrogen-bond donors (Lipinski definition) is 0. The van der Waals surface area contributed by atoms with Crippen LogP contribution in [0.15, 0.2) is 0 Å². The summed E-state index contributed by atoms with van der Waals surface area (Å²) in [4.78, 5) is 26.3. The second-order valence-electron chi connectivity index (χ2n) is 6.95. The van der Waals surface area contributed by atoms with E-state index in [4.69, 9.17) is 4.74 Å². The molecule has 0 bridgehead atoms. The molecule has 1 unspecified atom stereocenters. The van der Waals surface area contributed by atoms with Crippen LogP contribution in [0, 0.1) is 11.8 Å². The number of carbonyl (C=O) groups excluding carboxylic acids is 2. The zero-order valence-electron chi connectivity index (χ0n) is 15.4. The van der Waals surface area contributed by atoms with Crippen LogP contribution in [-0.2, 0) is 14.3 Å². The normalized spacial score (nSPS) is 12.5. The van der Waals surface area contributed by atoms with Crippen LogP contribution in [0.4, 0.5) is 0 Å². The second-order valence-corrected chi connectivity index (χ2v) is 6.95. The van der Waals surface area contributed by atoms with Crippen molar-refractivity contribution in [2.24, 2.45) is 11.8 Å². The highest BCUT2D eigenvalue weighted by Crippen LogP contribution is 2.12. The zero-order valence-corrected chi connectivity index (χ0v) is 15.4. The van der Waals surface area contributed by atoms with Crippen molar-refractivity contribution < 1.29 is 14.3 Å². The third kappa shape index (κ3) is 9.06. The molecule has 0 rings (SSSR count). The fraction of sp³-hybridized carbons (Fsp3) is 0.889. The van der Waals surface area contributed by atoms with Crippen LogP contribution in [0.25, 0.3) is 0 Å². The van der Waals surface area contributed by atoms with Crippen LogP contribution >= 0.6 is 0 Å². The van der Waals surface area contributed by atoms with E-state index in [0.717, 1.165) is 25.7 Å². The van der Waals surface area contributed by atoms with Gasteiger partial charge in [0, 0.05) is 13.0 Å². The molecule has 0 aliphatic rings. The van der Waals surface area contributed by atoms with Crippen molar-refractivity contribution in [3.05, 3.63) is 0 Å². The Labute approximate surface area is 136 Å². The zero-order chi connectivity index (χ0) is 17.1. The Morgan fingerprint density at radius 2 is 1.59 bits per heavy atom. The highest BCUT2D eigenvalue weighted by molar-refractivity contribution is 5.84. The molecular formula is C18H35NO3. The number of amides is 1. The molecule has 4 nitrogen and oxygen atoms in total. The van der Waals surface area contributed by atoms with Gasteiger partial charge in [0.05, 0.1) is 6.61 Å². The predicted molar refractivity (Wildman–Crippen MR) is 90.6 cm³/mol. The lowest BCUT2D eigenvalue weighted by molar-refractivity contribution is -0.155. The molecule has 0 saturated heterocycles. The van der Waals surface area contributed by atoms with Gasteiger partial charge in [0.25, 0.3) is 0 Å². The number of unbranched alkanes of at least 4 members (excludes halogenated alkanes) is 3. The van der Waals surface area contributed by atoms with E-state index < -0.39 is 6.04 Å². The van der Waals surface area contributed by atoms with E-state index in [2.05, 4.69) is 20.8 Å². The molecule has 0 aromatic carbocycles. The quantitative estimate of drug-likeness (QED) is 0.427. The molecule has 0 saturated carbocycles. The van der Waals surface area contributed by atoms with Crippen LogP contribution < -0.4 is 0 Å². The summed E-state index contributed by atoms with van der Waals surface area (Å²) in [6, 6.07) is -0.500. The molecule has 0 aromatic heterocycles. The molecule has 0 aromatic rings. The fourth-order valence-electron chi connectivity index (χ4n) is 2.21. The first-order valence-electron chi connectivity index (χ1n) is 8.75. The second kappa shape index (κ2) is 11.5. The van der Waals surface area contributed by atoms with Crippen molar-refractivity contribution in [1.29, 1.82) is 0 Å². The third-order valence-electron chi connectivity index (χ3n) is 3.49.